The van der Waals surface area contributed by atoms with Gasteiger partial charge in [-0.05, 0) is 54.9 Å². The Hall–Kier alpha value is -1.08. The molecule has 19 heavy (non-hydrogen) atoms. The summed E-state index contributed by atoms with van der Waals surface area (Å²) in [5, 5.41) is 0.729. The second-order valence-electron chi connectivity index (χ2n) is 5.75. The van der Waals surface area contributed by atoms with Crippen LogP contribution in [0, 0.1) is 11.8 Å². The van der Waals surface area contributed by atoms with Gasteiger partial charge in [-0.2, -0.15) is 0 Å². The molecule has 0 bridgehead atoms. The van der Waals surface area contributed by atoms with Crippen LogP contribution < -0.4 is 0 Å². The van der Waals surface area contributed by atoms with Crippen molar-refractivity contribution in [2.24, 2.45) is 11.8 Å². The minimum absolute atomic E-state index is 0.288. The molecule has 1 aromatic carbocycles. The van der Waals surface area contributed by atoms with Gasteiger partial charge in [0.2, 0.25) is 0 Å². The topological polar surface area (TPSA) is 17.1 Å². The van der Waals surface area contributed by atoms with Gasteiger partial charge in [0.25, 0.3) is 0 Å². The third kappa shape index (κ3) is 2.62. The van der Waals surface area contributed by atoms with E-state index in [9.17, 15) is 4.79 Å². The van der Waals surface area contributed by atoms with Crippen LogP contribution in [-0.2, 0) is 4.79 Å². The van der Waals surface area contributed by atoms with E-state index < -0.39 is 0 Å². The fourth-order valence-corrected chi connectivity index (χ4v) is 3.73. The molecule has 0 heterocycles. The molecule has 0 radical (unpaired) electrons. The van der Waals surface area contributed by atoms with Crippen molar-refractivity contribution in [2.45, 2.75) is 38.5 Å². The first-order chi connectivity index (χ1) is 9.25. The smallest absolute Gasteiger partial charge is 0.162 e. The molecule has 2 aliphatic carbocycles. The fraction of sp³-hybridized carbons (Fsp3) is 0.471. The number of hydrogen-bond acceptors (Lipinski definition) is 1. The van der Waals surface area contributed by atoms with E-state index in [1.165, 1.54) is 25.7 Å². The SMILES string of the molecule is O=C1/C(=C/c2ccccc2Cl)CC[C@H]1C1CCCC1. The first-order valence-corrected chi connectivity index (χ1v) is 7.63. The van der Waals surface area contributed by atoms with E-state index in [1.54, 1.807) is 0 Å². The van der Waals surface area contributed by atoms with Gasteiger partial charge in [-0.25, -0.2) is 0 Å². The Kier molecular flexibility index (Phi) is 3.74. The van der Waals surface area contributed by atoms with Crippen LogP contribution in [0.4, 0.5) is 0 Å². The summed E-state index contributed by atoms with van der Waals surface area (Å²) in [6.45, 7) is 0. The Labute approximate surface area is 119 Å². The van der Waals surface area contributed by atoms with Gasteiger partial charge in [0, 0.05) is 10.9 Å². The zero-order valence-electron chi connectivity index (χ0n) is 11.1. The lowest BCUT2D eigenvalue weighted by atomic mass is 9.88. The second kappa shape index (κ2) is 5.50. The summed E-state index contributed by atoms with van der Waals surface area (Å²) >= 11 is 6.16. The van der Waals surface area contributed by atoms with E-state index in [4.69, 9.17) is 11.6 Å². The van der Waals surface area contributed by atoms with Crippen molar-refractivity contribution in [3.63, 3.8) is 0 Å². The maximum atomic E-state index is 12.5. The van der Waals surface area contributed by atoms with Gasteiger partial charge in [0.15, 0.2) is 5.78 Å². The fourth-order valence-electron chi connectivity index (χ4n) is 3.54. The number of allylic oxidation sites excluding steroid dienone is 1. The molecule has 2 saturated carbocycles. The van der Waals surface area contributed by atoms with Crippen LogP contribution in [0.2, 0.25) is 5.02 Å². The minimum atomic E-state index is 0.288. The van der Waals surface area contributed by atoms with Crippen molar-refractivity contribution in [2.75, 3.05) is 0 Å². The number of Topliss-reactive ketones (excluding diaryl/α,β-unsaturated/α-hetero) is 1. The van der Waals surface area contributed by atoms with Gasteiger partial charge >= 0.3 is 0 Å². The highest BCUT2D eigenvalue weighted by molar-refractivity contribution is 6.32. The molecule has 0 aromatic heterocycles. The van der Waals surface area contributed by atoms with Crippen molar-refractivity contribution in [1.82, 2.24) is 0 Å². The zero-order chi connectivity index (χ0) is 13.2. The summed E-state index contributed by atoms with van der Waals surface area (Å²) in [7, 11) is 0. The van der Waals surface area contributed by atoms with Gasteiger partial charge in [-0.15, -0.1) is 0 Å². The van der Waals surface area contributed by atoms with Crippen molar-refractivity contribution in [1.29, 1.82) is 0 Å². The third-order valence-electron chi connectivity index (χ3n) is 4.58. The summed E-state index contributed by atoms with van der Waals surface area (Å²) in [5.41, 5.74) is 1.95. The van der Waals surface area contributed by atoms with E-state index in [0.29, 0.717) is 11.7 Å². The van der Waals surface area contributed by atoms with Crippen LogP contribution in [0.25, 0.3) is 6.08 Å². The number of rotatable bonds is 2. The molecule has 1 nitrogen and oxygen atoms in total. The molecule has 3 rings (SSSR count). The largest absolute Gasteiger partial charge is 0.294 e. The second-order valence-corrected chi connectivity index (χ2v) is 6.15. The number of ketones is 1. The van der Waals surface area contributed by atoms with Crippen LogP contribution >= 0.6 is 11.6 Å². The van der Waals surface area contributed by atoms with Gasteiger partial charge in [-0.3, -0.25) is 4.79 Å². The molecule has 2 aliphatic rings. The maximum Gasteiger partial charge on any atom is 0.162 e. The molecule has 0 unspecified atom stereocenters. The van der Waals surface area contributed by atoms with E-state index in [1.807, 2.05) is 30.3 Å². The molecule has 0 N–H and O–H groups in total. The number of benzene rings is 1. The average Bonchev–Trinajstić information content (AvgIpc) is 3.03. The molecular weight excluding hydrogens is 256 g/mol. The molecule has 100 valence electrons. The Balaban J connectivity index is 1.80. The van der Waals surface area contributed by atoms with Crippen LogP contribution in [0.1, 0.15) is 44.1 Å². The van der Waals surface area contributed by atoms with E-state index in [0.717, 1.165) is 29.0 Å². The highest BCUT2D eigenvalue weighted by Gasteiger charge is 2.36. The Morgan fingerprint density at radius 3 is 2.58 bits per heavy atom. The van der Waals surface area contributed by atoms with Crippen molar-refractivity contribution >= 4 is 23.5 Å². The van der Waals surface area contributed by atoms with Gasteiger partial charge < -0.3 is 0 Å². The maximum absolute atomic E-state index is 12.5. The standard InChI is InChI=1S/C17H19ClO/c18-16-8-4-3-7-13(16)11-14-9-10-15(17(14)19)12-5-1-2-6-12/h3-4,7-8,11-12,15H,1-2,5-6,9-10H2/b14-11+/t15-/m0/s1. The van der Waals surface area contributed by atoms with E-state index in [2.05, 4.69) is 0 Å². The van der Waals surface area contributed by atoms with Gasteiger partial charge in [0.1, 0.15) is 0 Å². The summed E-state index contributed by atoms with van der Waals surface area (Å²) in [5.74, 6) is 1.31. The molecule has 0 aliphatic heterocycles. The summed E-state index contributed by atoms with van der Waals surface area (Å²) < 4.78 is 0. The minimum Gasteiger partial charge on any atom is -0.294 e. The molecular formula is C17H19ClO. The molecule has 2 fully saturated rings. The van der Waals surface area contributed by atoms with E-state index >= 15 is 0 Å². The number of carbonyl (C=O) groups excluding carboxylic acids is 1. The number of halogens is 1. The predicted octanol–water partition coefficient (Wildman–Crippen LogP) is 4.89. The highest BCUT2D eigenvalue weighted by atomic mass is 35.5. The molecule has 2 heteroatoms. The number of carbonyl (C=O) groups is 1. The lowest BCUT2D eigenvalue weighted by Crippen LogP contribution is -2.16. The van der Waals surface area contributed by atoms with Crippen molar-refractivity contribution in [3.8, 4) is 0 Å². The predicted molar refractivity (Wildman–Crippen MR) is 79.1 cm³/mol. The summed E-state index contributed by atoms with van der Waals surface area (Å²) in [6.07, 6.45) is 9.06. The van der Waals surface area contributed by atoms with E-state index in [-0.39, 0.29) is 5.92 Å². The Bertz CT molecular complexity index is 512. The molecule has 0 amide bonds. The van der Waals surface area contributed by atoms with Gasteiger partial charge in [-0.1, -0.05) is 42.6 Å². The normalized spacial score (nSPS) is 26.5. The summed E-state index contributed by atoms with van der Waals surface area (Å²) in [4.78, 5) is 12.5. The molecule has 0 spiro atoms. The van der Waals surface area contributed by atoms with Crippen LogP contribution in [0.5, 0.6) is 0 Å². The lowest BCUT2D eigenvalue weighted by Gasteiger charge is -2.15. The lowest BCUT2D eigenvalue weighted by molar-refractivity contribution is -0.119. The molecule has 1 atom stereocenters. The Morgan fingerprint density at radius 2 is 1.84 bits per heavy atom. The average molecular weight is 275 g/mol. The quantitative estimate of drug-likeness (QED) is 0.702. The zero-order valence-corrected chi connectivity index (χ0v) is 11.8. The highest BCUT2D eigenvalue weighted by Crippen LogP contribution is 2.41. The first-order valence-electron chi connectivity index (χ1n) is 7.25. The summed E-state index contributed by atoms with van der Waals surface area (Å²) in [6, 6.07) is 7.74. The molecule has 0 saturated heterocycles. The van der Waals surface area contributed by atoms with Crippen LogP contribution in [-0.4, -0.2) is 5.78 Å². The first kappa shape index (κ1) is 12.9. The van der Waals surface area contributed by atoms with Crippen LogP contribution in [0.15, 0.2) is 29.8 Å². The Morgan fingerprint density at radius 1 is 1.11 bits per heavy atom. The van der Waals surface area contributed by atoms with Crippen molar-refractivity contribution < 1.29 is 4.79 Å². The number of hydrogen-bond donors (Lipinski definition) is 0. The van der Waals surface area contributed by atoms with Gasteiger partial charge in [0.05, 0.1) is 0 Å². The molecule has 1 aromatic rings. The third-order valence-corrected chi connectivity index (χ3v) is 4.93. The monoisotopic (exact) mass is 274 g/mol. The van der Waals surface area contributed by atoms with Crippen LogP contribution in [0.3, 0.4) is 0 Å². The van der Waals surface area contributed by atoms with Crippen molar-refractivity contribution in [3.05, 3.63) is 40.4 Å².